The van der Waals surface area contributed by atoms with E-state index in [2.05, 4.69) is 44.0 Å². The lowest BCUT2D eigenvalue weighted by Gasteiger charge is -2.26. The minimum atomic E-state index is -0.687. The Kier molecular flexibility index (Phi) is 5.78. The molecule has 1 aliphatic carbocycles. The first-order valence-electron chi connectivity index (χ1n) is 8.77. The molecule has 1 saturated carbocycles. The van der Waals surface area contributed by atoms with E-state index >= 15 is 0 Å². The largest absolute Gasteiger partial charge is 0.481 e. The van der Waals surface area contributed by atoms with Crippen LogP contribution in [-0.2, 0) is 16.1 Å². The molecule has 5 nitrogen and oxygen atoms in total. The Morgan fingerprint density at radius 1 is 1.20 bits per heavy atom. The molecule has 3 rings (SSSR count). The van der Waals surface area contributed by atoms with Gasteiger partial charge in [0.25, 0.3) is 0 Å². The number of halogens is 1. The minimum absolute atomic E-state index is 0.0549. The molecule has 1 amide bonds. The maximum atomic E-state index is 12.1. The van der Waals surface area contributed by atoms with Gasteiger partial charge in [0, 0.05) is 41.1 Å². The molecule has 0 bridgehead atoms. The van der Waals surface area contributed by atoms with Crippen molar-refractivity contribution in [1.82, 2.24) is 9.88 Å². The molecular formula is C19H23BrN2O3. The molecule has 0 spiro atoms. The summed E-state index contributed by atoms with van der Waals surface area (Å²) < 4.78 is 3.15. The van der Waals surface area contributed by atoms with Crippen molar-refractivity contribution >= 4 is 38.7 Å². The standard InChI is InChI=1S/C19H23BrN2O3/c20-16-5-6-17-15(11-16)7-9-22(17)10-8-18(23)21-12-13-1-3-14(4-2-13)19(24)25/h5-7,9,11,13-14H,1-4,8,10,12H2,(H,21,23)(H,24,25). The molecule has 1 aromatic carbocycles. The van der Waals surface area contributed by atoms with Crippen molar-refractivity contribution in [1.29, 1.82) is 0 Å². The van der Waals surface area contributed by atoms with Gasteiger partial charge in [-0.05, 0) is 55.9 Å². The van der Waals surface area contributed by atoms with E-state index in [0.717, 1.165) is 41.1 Å². The zero-order valence-electron chi connectivity index (χ0n) is 14.1. The van der Waals surface area contributed by atoms with Crippen LogP contribution in [-0.4, -0.2) is 28.1 Å². The number of carboxylic acids is 1. The smallest absolute Gasteiger partial charge is 0.306 e. The monoisotopic (exact) mass is 406 g/mol. The maximum Gasteiger partial charge on any atom is 0.306 e. The lowest BCUT2D eigenvalue weighted by Crippen LogP contribution is -2.32. The normalized spacial score (nSPS) is 20.5. The Balaban J connectivity index is 1.43. The number of carboxylic acid groups (broad SMARTS) is 1. The number of aromatic nitrogens is 1. The molecule has 1 aromatic heterocycles. The quantitative estimate of drug-likeness (QED) is 0.765. The molecule has 2 N–H and O–H groups in total. The number of aliphatic carboxylic acids is 1. The number of fused-ring (bicyclic) bond motifs is 1. The van der Waals surface area contributed by atoms with E-state index in [1.54, 1.807) is 0 Å². The molecule has 134 valence electrons. The number of carbonyl (C=O) groups is 2. The van der Waals surface area contributed by atoms with Crippen LogP contribution in [0, 0.1) is 11.8 Å². The van der Waals surface area contributed by atoms with E-state index in [1.165, 1.54) is 0 Å². The molecule has 0 aliphatic heterocycles. The van der Waals surface area contributed by atoms with E-state index in [9.17, 15) is 9.59 Å². The van der Waals surface area contributed by atoms with Gasteiger partial charge in [-0.3, -0.25) is 9.59 Å². The van der Waals surface area contributed by atoms with E-state index in [0.29, 0.717) is 25.4 Å². The molecular weight excluding hydrogens is 384 g/mol. The Morgan fingerprint density at radius 2 is 1.96 bits per heavy atom. The predicted octanol–water partition coefficient (Wildman–Crippen LogP) is 3.80. The highest BCUT2D eigenvalue weighted by Gasteiger charge is 2.25. The second kappa shape index (κ2) is 8.04. The fourth-order valence-corrected chi connectivity index (χ4v) is 3.93. The van der Waals surface area contributed by atoms with Crippen molar-refractivity contribution in [2.75, 3.05) is 6.54 Å². The summed E-state index contributed by atoms with van der Waals surface area (Å²) in [6.07, 6.45) is 5.67. The summed E-state index contributed by atoms with van der Waals surface area (Å²) in [6.45, 7) is 1.31. The van der Waals surface area contributed by atoms with Crippen molar-refractivity contribution in [2.45, 2.75) is 38.6 Å². The summed E-state index contributed by atoms with van der Waals surface area (Å²) in [6, 6.07) is 8.18. The molecule has 1 aliphatic rings. The highest BCUT2D eigenvalue weighted by Crippen LogP contribution is 2.28. The number of nitrogens with zero attached hydrogens (tertiary/aromatic N) is 1. The van der Waals surface area contributed by atoms with Gasteiger partial charge in [-0.15, -0.1) is 0 Å². The van der Waals surface area contributed by atoms with Gasteiger partial charge in [0.15, 0.2) is 0 Å². The van der Waals surface area contributed by atoms with Gasteiger partial charge in [-0.25, -0.2) is 0 Å². The number of nitrogens with one attached hydrogen (secondary N) is 1. The highest BCUT2D eigenvalue weighted by atomic mass is 79.9. The third-order valence-corrected chi connectivity index (χ3v) is 5.59. The summed E-state index contributed by atoms with van der Waals surface area (Å²) in [5.74, 6) is -0.425. The van der Waals surface area contributed by atoms with Crippen LogP contribution in [0.1, 0.15) is 32.1 Å². The van der Waals surface area contributed by atoms with Crippen molar-refractivity contribution in [3.05, 3.63) is 34.9 Å². The summed E-state index contributed by atoms with van der Waals surface area (Å²) in [5.41, 5.74) is 1.13. The number of benzene rings is 1. The molecule has 0 saturated heterocycles. The van der Waals surface area contributed by atoms with E-state index in [1.807, 2.05) is 12.3 Å². The first-order chi connectivity index (χ1) is 12.0. The van der Waals surface area contributed by atoms with Gasteiger partial charge < -0.3 is 15.0 Å². The minimum Gasteiger partial charge on any atom is -0.481 e. The SMILES string of the molecule is O=C(CCn1ccc2cc(Br)ccc21)NCC1CCC(C(=O)O)CC1. The third kappa shape index (κ3) is 4.63. The Morgan fingerprint density at radius 3 is 2.68 bits per heavy atom. The van der Waals surface area contributed by atoms with Crippen LogP contribution in [0.2, 0.25) is 0 Å². The van der Waals surface area contributed by atoms with Gasteiger partial charge in [-0.1, -0.05) is 15.9 Å². The molecule has 1 heterocycles. The zero-order chi connectivity index (χ0) is 17.8. The Hall–Kier alpha value is -1.82. The van der Waals surface area contributed by atoms with Crippen LogP contribution in [0.3, 0.4) is 0 Å². The molecule has 0 unspecified atom stereocenters. The van der Waals surface area contributed by atoms with Crippen LogP contribution in [0.4, 0.5) is 0 Å². The fraction of sp³-hybridized carbons (Fsp3) is 0.474. The van der Waals surface area contributed by atoms with Crippen LogP contribution >= 0.6 is 15.9 Å². The van der Waals surface area contributed by atoms with Gasteiger partial charge in [0.05, 0.1) is 5.92 Å². The second-order valence-electron chi connectivity index (χ2n) is 6.82. The zero-order valence-corrected chi connectivity index (χ0v) is 15.7. The van der Waals surface area contributed by atoms with Crippen LogP contribution in [0.5, 0.6) is 0 Å². The predicted molar refractivity (Wildman–Crippen MR) is 100 cm³/mol. The van der Waals surface area contributed by atoms with Gasteiger partial charge >= 0.3 is 5.97 Å². The Bertz CT molecular complexity index is 763. The van der Waals surface area contributed by atoms with Crippen molar-refractivity contribution < 1.29 is 14.7 Å². The molecule has 6 heteroatoms. The van der Waals surface area contributed by atoms with Crippen molar-refractivity contribution in [2.24, 2.45) is 11.8 Å². The molecule has 0 radical (unpaired) electrons. The number of hydrogen-bond donors (Lipinski definition) is 2. The summed E-state index contributed by atoms with van der Waals surface area (Å²) in [7, 11) is 0. The number of hydrogen-bond acceptors (Lipinski definition) is 2. The summed E-state index contributed by atoms with van der Waals surface area (Å²) in [4.78, 5) is 23.1. The topological polar surface area (TPSA) is 71.3 Å². The average molecular weight is 407 g/mol. The van der Waals surface area contributed by atoms with Gasteiger partial charge in [-0.2, -0.15) is 0 Å². The lowest BCUT2D eigenvalue weighted by atomic mass is 9.82. The second-order valence-corrected chi connectivity index (χ2v) is 7.74. The molecule has 2 aromatic rings. The number of aryl methyl sites for hydroxylation is 1. The third-order valence-electron chi connectivity index (χ3n) is 5.10. The average Bonchev–Trinajstić information content (AvgIpc) is 3.00. The Labute approximate surface area is 155 Å². The number of amides is 1. The van der Waals surface area contributed by atoms with Crippen LogP contribution in [0.15, 0.2) is 34.9 Å². The fourth-order valence-electron chi connectivity index (χ4n) is 3.55. The first kappa shape index (κ1) is 18.0. The van der Waals surface area contributed by atoms with Crippen LogP contribution < -0.4 is 5.32 Å². The van der Waals surface area contributed by atoms with Gasteiger partial charge in [0.2, 0.25) is 5.91 Å². The van der Waals surface area contributed by atoms with E-state index in [-0.39, 0.29) is 11.8 Å². The number of rotatable bonds is 6. The summed E-state index contributed by atoms with van der Waals surface area (Å²) in [5, 5.41) is 13.2. The van der Waals surface area contributed by atoms with Crippen LogP contribution in [0.25, 0.3) is 10.9 Å². The molecule has 25 heavy (non-hydrogen) atoms. The van der Waals surface area contributed by atoms with E-state index in [4.69, 9.17) is 5.11 Å². The van der Waals surface area contributed by atoms with Gasteiger partial charge in [0.1, 0.15) is 0 Å². The van der Waals surface area contributed by atoms with Crippen molar-refractivity contribution in [3.63, 3.8) is 0 Å². The first-order valence-corrected chi connectivity index (χ1v) is 9.56. The molecule has 1 fully saturated rings. The highest BCUT2D eigenvalue weighted by molar-refractivity contribution is 9.10. The summed E-state index contributed by atoms with van der Waals surface area (Å²) >= 11 is 3.47. The van der Waals surface area contributed by atoms with Crippen molar-refractivity contribution in [3.8, 4) is 0 Å². The maximum absolute atomic E-state index is 12.1. The number of carbonyl (C=O) groups excluding carboxylic acids is 1. The van der Waals surface area contributed by atoms with E-state index < -0.39 is 5.97 Å². The lowest BCUT2D eigenvalue weighted by molar-refractivity contribution is -0.143. The molecule has 0 atom stereocenters.